The summed E-state index contributed by atoms with van der Waals surface area (Å²) in [6.07, 6.45) is 8.19. The number of rotatable bonds is 12. The quantitative estimate of drug-likeness (QED) is 0.224. The molecule has 3 aliphatic rings. The molecule has 0 radical (unpaired) electrons. The van der Waals surface area contributed by atoms with Gasteiger partial charge < -0.3 is 14.9 Å². The molecular weight excluding hydrogens is 470 g/mol. The number of nitrogens with zero attached hydrogens (tertiary/aromatic N) is 1. The number of carboxylic acid groups (broad SMARTS) is 1. The van der Waals surface area contributed by atoms with E-state index < -0.39 is 5.97 Å². The number of aromatic hydroxyl groups is 1. The van der Waals surface area contributed by atoms with Crippen LogP contribution in [0.25, 0.3) is 6.08 Å². The van der Waals surface area contributed by atoms with Crippen molar-refractivity contribution in [1.29, 1.82) is 0 Å². The Labute approximate surface area is 219 Å². The van der Waals surface area contributed by atoms with Crippen molar-refractivity contribution in [1.82, 2.24) is 4.90 Å². The third-order valence-corrected chi connectivity index (χ3v) is 8.22. The van der Waals surface area contributed by atoms with E-state index >= 15 is 0 Å². The molecule has 1 aliphatic carbocycles. The van der Waals surface area contributed by atoms with Crippen molar-refractivity contribution in [2.24, 2.45) is 17.8 Å². The molecule has 4 atom stereocenters. The van der Waals surface area contributed by atoms with Gasteiger partial charge >= 0.3 is 5.97 Å². The summed E-state index contributed by atoms with van der Waals surface area (Å²) in [5.74, 6) is -1.37. The molecule has 0 saturated carbocycles. The first kappa shape index (κ1) is 27.1. The average Bonchev–Trinajstić information content (AvgIpc) is 3.40. The summed E-state index contributed by atoms with van der Waals surface area (Å²) >= 11 is 0. The molecule has 200 valence electrons. The molecular formula is C30H39NO6. The van der Waals surface area contributed by atoms with Crippen LogP contribution in [0.2, 0.25) is 0 Å². The molecule has 7 heteroatoms. The monoisotopic (exact) mass is 509 g/mol. The highest BCUT2D eigenvalue weighted by atomic mass is 16.5. The van der Waals surface area contributed by atoms with Gasteiger partial charge in [0.15, 0.2) is 0 Å². The highest BCUT2D eigenvalue weighted by molar-refractivity contribution is 6.05. The number of allylic oxidation sites excluding steroid dienone is 2. The lowest BCUT2D eigenvalue weighted by atomic mass is 9.69. The number of carbonyl (C=O) groups is 3. The predicted octanol–water partition coefficient (Wildman–Crippen LogP) is 5.34. The van der Waals surface area contributed by atoms with Gasteiger partial charge in [-0.15, -0.1) is 0 Å². The summed E-state index contributed by atoms with van der Waals surface area (Å²) in [6.45, 7) is 5.11. The number of carboxylic acids is 1. The van der Waals surface area contributed by atoms with Crippen molar-refractivity contribution >= 4 is 23.9 Å². The van der Waals surface area contributed by atoms with Gasteiger partial charge in [0.25, 0.3) is 0 Å². The molecule has 2 aliphatic heterocycles. The number of hydrogen-bond donors (Lipinski definition) is 2. The number of fused-ring (bicyclic) bond motifs is 3. The summed E-state index contributed by atoms with van der Waals surface area (Å²) in [5, 5.41) is 18.6. The Morgan fingerprint density at radius 1 is 1.11 bits per heavy atom. The van der Waals surface area contributed by atoms with E-state index in [1.54, 1.807) is 12.1 Å². The molecule has 2 fully saturated rings. The second-order valence-corrected chi connectivity index (χ2v) is 10.5. The average molecular weight is 510 g/mol. The second-order valence-electron chi connectivity index (χ2n) is 10.5. The van der Waals surface area contributed by atoms with Gasteiger partial charge in [-0.1, -0.05) is 49.6 Å². The molecule has 1 aromatic carbocycles. The van der Waals surface area contributed by atoms with Gasteiger partial charge in [-0.3, -0.25) is 19.3 Å². The number of phenolic OH excluding ortho intramolecular Hbond substituents is 1. The van der Waals surface area contributed by atoms with Gasteiger partial charge in [0, 0.05) is 18.9 Å². The third kappa shape index (κ3) is 5.98. The number of unbranched alkanes of at least 4 members (excludes halogenated alkanes) is 2. The van der Waals surface area contributed by atoms with Crippen molar-refractivity contribution < 1.29 is 29.3 Å². The lowest BCUT2D eigenvalue weighted by Crippen LogP contribution is -2.34. The number of amides is 2. The largest absolute Gasteiger partial charge is 0.508 e. The van der Waals surface area contributed by atoms with E-state index in [1.165, 1.54) is 21.6 Å². The summed E-state index contributed by atoms with van der Waals surface area (Å²) in [7, 11) is 0. The van der Waals surface area contributed by atoms with Crippen LogP contribution >= 0.6 is 0 Å². The van der Waals surface area contributed by atoms with Gasteiger partial charge in [-0.25, -0.2) is 0 Å². The minimum Gasteiger partial charge on any atom is -0.508 e. The Balaban J connectivity index is 1.43. The Morgan fingerprint density at radius 2 is 1.92 bits per heavy atom. The lowest BCUT2D eigenvalue weighted by Gasteiger charge is -2.31. The summed E-state index contributed by atoms with van der Waals surface area (Å²) < 4.78 is 6.30. The fraction of sp³-hybridized carbons (Fsp3) is 0.567. The Bertz CT molecular complexity index is 1090. The van der Waals surface area contributed by atoms with Crippen LogP contribution in [0.1, 0.15) is 77.2 Å². The van der Waals surface area contributed by atoms with Crippen LogP contribution in [0, 0.1) is 17.8 Å². The van der Waals surface area contributed by atoms with E-state index in [4.69, 9.17) is 9.84 Å². The van der Waals surface area contributed by atoms with Gasteiger partial charge in [-0.05, 0) is 68.2 Å². The molecule has 37 heavy (non-hydrogen) atoms. The molecule has 0 spiro atoms. The normalized spacial score (nSPS) is 25.6. The fourth-order valence-corrected chi connectivity index (χ4v) is 6.34. The SMILES string of the molecule is CCC1=C2[C@@H](CC/C(=C/c3cccc(O)c3)CC)OC[C@@H]2[C@@H]2C(=O)N(CCCCCC(=O)O)C(=O)[C@@H]2C1. The second kappa shape index (κ2) is 12.1. The Kier molecular flexibility index (Phi) is 8.85. The highest BCUT2D eigenvalue weighted by Gasteiger charge is 2.56. The van der Waals surface area contributed by atoms with Gasteiger partial charge in [-0.2, -0.15) is 0 Å². The number of hydrogen-bond acceptors (Lipinski definition) is 5. The topological polar surface area (TPSA) is 104 Å². The summed E-state index contributed by atoms with van der Waals surface area (Å²) in [6, 6.07) is 7.25. The smallest absolute Gasteiger partial charge is 0.303 e. The maximum Gasteiger partial charge on any atom is 0.303 e. The zero-order chi connectivity index (χ0) is 26.5. The number of aliphatic carboxylic acids is 1. The number of ether oxygens (including phenoxy) is 1. The molecule has 0 unspecified atom stereocenters. The molecule has 1 aromatic rings. The third-order valence-electron chi connectivity index (χ3n) is 8.22. The van der Waals surface area contributed by atoms with E-state index in [0.29, 0.717) is 38.8 Å². The summed E-state index contributed by atoms with van der Waals surface area (Å²) in [4.78, 5) is 38.8. The zero-order valence-electron chi connectivity index (χ0n) is 21.9. The zero-order valence-corrected chi connectivity index (χ0v) is 21.9. The van der Waals surface area contributed by atoms with Crippen molar-refractivity contribution in [2.45, 2.75) is 77.7 Å². The first-order valence-corrected chi connectivity index (χ1v) is 13.7. The van der Waals surface area contributed by atoms with E-state index in [0.717, 1.165) is 31.2 Å². The maximum absolute atomic E-state index is 13.4. The van der Waals surface area contributed by atoms with E-state index in [2.05, 4.69) is 19.9 Å². The molecule has 0 bridgehead atoms. The molecule has 2 amide bonds. The number of benzene rings is 1. The number of likely N-dealkylation sites (tertiary alicyclic amines) is 1. The predicted molar refractivity (Wildman–Crippen MR) is 141 cm³/mol. The van der Waals surface area contributed by atoms with Crippen LogP contribution in [0.5, 0.6) is 5.75 Å². The van der Waals surface area contributed by atoms with Crippen molar-refractivity contribution in [3.63, 3.8) is 0 Å². The maximum atomic E-state index is 13.4. The molecule has 2 heterocycles. The first-order chi connectivity index (χ1) is 17.8. The summed E-state index contributed by atoms with van der Waals surface area (Å²) in [5.41, 5.74) is 4.79. The van der Waals surface area contributed by atoms with Gasteiger partial charge in [0.05, 0.1) is 24.5 Å². The van der Waals surface area contributed by atoms with Crippen LogP contribution in [-0.2, 0) is 19.1 Å². The van der Waals surface area contributed by atoms with Crippen LogP contribution < -0.4 is 0 Å². The number of carbonyl (C=O) groups excluding carboxylic acids is 2. The lowest BCUT2D eigenvalue weighted by molar-refractivity contribution is -0.141. The molecule has 2 saturated heterocycles. The minimum atomic E-state index is -0.818. The standard InChI is InChI=1S/C30H39NO6/c1-3-19(15-20-9-8-10-22(32)16-20)12-13-25-27-21(4-2)17-23-28(24(27)18-37-25)30(36)31(29(23)35)14-7-5-6-11-26(33)34/h8-10,15-16,23-25,28,32H,3-7,11-14,17-18H2,1-2H3,(H,33,34)/b19-15+/t23-,24+,25-,28-/m1/s1. The number of imide groups is 1. The Morgan fingerprint density at radius 3 is 2.62 bits per heavy atom. The van der Waals surface area contributed by atoms with Crippen LogP contribution in [-0.4, -0.2) is 52.2 Å². The first-order valence-electron chi connectivity index (χ1n) is 13.7. The van der Waals surface area contributed by atoms with E-state index in [9.17, 15) is 19.5 Å². The molecule has 7 nitrogen and oxygen atoms in total. The number of phenols is 1. The fourth-order valence-electron chi connectivity index (χ4n) is 6.34. The van der Waals surface area contributed by atoms with Crippen LogP contribution in [0.15, 0.2) is 41.0 Å². The minimum absolute atomic E-state index is 0.0343. The molecule has 0 aromatic heterocycles. The van der Waals surface area contributed by atoms with E-state index in [1.807, 2.05) is 12.1 Å². The van der Waals surface area contributed by atoms with Crippen LogP contribution in [0.4, 0.5) is 0 Å². The Hall–Kier alpha value is -2.93. The van der Waals surface area contributed by atoms with Crippen molar-refractivity contribution in [3.05, 3.63) is 46.5 Å². The molecule has 4 rings (SSSR count). The highest BCUT2D eigenvalue weighted by Crippen LogP contribution is 2.50. The van der Waals surface area contributed by atoms with E-state index in [-0.39, 0.29) is 47.8 Å². The van der Waals surface area contributed by atoms with Crippen molar-refractivity contribution in [2.75, 3.05) is 13.2 Å². The van der Waals surface area contributed by atoms with Gasteiger partial charge in [0.2, 0.25) is 11.8 Å². The van der Waals surface area contributed by atoms with Gasteiger partial charge in [0.1, 0.15) is 5.75 Å². The van der Waals surface area contributed by atoms with Crippen LogP contribution in [0.3, 0.4) is 0 Å². The van der Waals surface area contributed by atoms with Crippen molar-refractivity contribution in [3.8, 4) is 5.75 Å². The molecule has 2 N–H and O–H groups in total.